The van der Waals surface area contributed by atoms with Crippen molar-refractivity contribution in [2.45, 2.75) is 6.54 Å². The molecule has 36 heavy (non-hydrogen) atoms. The summed E-state index contributed by atoms with van der Waals surface area (Å²) in [5.74, 6) is 0.601. The molecule has 9 nitrogen and oxygen atoms in total. The number of anilines is 1. The summed E-state index contributed by atoms with van der Waals surface area (Å²) in [6.45, 7) is -0.380. The summed E-state index contributed by atoms with van der Waals surface area (Å²) >= 11 is 0. The van der Waals surface area contributed by atoms with Crippen molar-refractivity contribution in [1.82, 2.24) is 10.2 Å². The van der Waals surface area contributed by atoms with Crippen LogP contribution >= 0.6 is 0 Å². The maximum Gasteiger partial charge on any atom is 0.254 e. The maximum atomic E-state index is 13.2. The molecule has 0 aliphatic carbocycles. The SMILES string of the molecule is COc1ccc(NC(=O)CNC(=O)CN(Cc2ccc(OC)cc2OC)C(=O)c2ccccc2)cc1. The first kappa shape index (κ1) is 26.1. The third-order valence-electron chi connectivity index (χ3n) is 5.32. The van der Waals surface area contributed by atoms with Crippen molar-refractivity contribution in [2.24, 2.45) is 0 Å². The molecule has 0 aromatic heterocycles. The van der Waals surface area contributed by atoms with Gasteiger partial charge >= 0.3 is 0 Å². The Balaban J connectivity index is 1.67. The molecule has 0 atom stereocenters. The third-order valence-corrected chi connectivity index (χ3v) is 5.32. The van der Waals surface area contributed by atoms with Crippen LogP contribution in [0.3, 0.4) is 0 Å². The van der Waals surface area contributed by atoms with Gasteiger partial charge in [0, 0.05) is 22.9 Å². The quantitative estimate of drug-likeness (QED) is 0.427. The molecule has 3 rings (SSSR count). The highest BCUT2D eigenvalue weighted by molar-refractivity contribution is 5.98. The van der Waals surface area contributed by atoms with Gasteiger partial charge in [0.1, 0.15) is 23.8 Å². The Bertz CT molecular complexity index is 1180. The monoisotopic (exact) mass is 491 g/mol. The van der Waals surface area contributed by atoms with Crippen molar-refractivity contribution in [3.05, 3.63) is 83.9 Å². The molecule has 3 aromatic rings. The molecule has 3 aromatic carbocycles. The van der Waals surface area contributed by atoms with Crippen LogP contribution in [0.5, 0.6) is 17.2 Å². The van der Waals surface area contributed by atoms with Gasteiger partial charge in [0.05, 0.1) is 34.4 Å². The summed E-state index contributed by atoms with van der Waals surface area (Å²) in [7, 11) is 4.63. The normalized spacial score (nSPS) is 10.2. The lowest BCUT2D eigenvalue weighted by molar-refractivity contribution is -0.124. The molecule has 0 unspecified atom stereocenters. The van der Waals surface area contributed by atoms with E-state index in [9.17, 15) is 14.4 Å². The Labute approximate surface area is 210 Å². The molecule has 0 aliphatic heterocycles. The highest BCUT2D eigenvalue weighted by Gasteiger charge is 2.21. The van der Waals surface area contributed by atoms with Crippen LogP contribution in [0.25, 0.3) is 0 Å². The number of hydrogen-bond donors (Lipinski definition) is 2. The number of carbonyl (C=O) groups excluding carboxylic acids is 3. The van der Waals surface area contributed by atoms with Crippen molar-refractivity contribution in [2.75, 3.05) is 39.7 Å². The molecule has 3 amide bonds. The van der Waals surface area contributed by atoms with E-state index in [1.807, 2.05) is 6.07 Å². The molecular formula is C27H29N3O6. The number of nitrogens with one attached hydrogen (secondary N) is 2. The topological polar surface area (TPSA) is 106 Å². The van der Waals surface area contributed by atoms with Gasteiger partial charge in [-0.3, -0.25) is 14.4 Å². The van der Waals surface area contributed by atoms with E-state index in [1.54, 1.807) is 80.9 Å². The number of hydrogen-bond acceptors (Lipinski definition) is 6. The van der Waals surface area contributed by atoms with Crippen LogP contribution in [-0.2, 0) is 16.1 Å². The zero-order valence-corrected chi connectivity index (χ0v) is 20.4. The van der Waals surface area contributed by atoms with E-state index in [2.05, 4.69) is 10.6 Å². The average Bonchev–Trinajstić information content (AvgIpc) is 2.92. The van der Waals surface area contributed by atoms with Crippen LogP contribution in [0.4, 0.5) is 5.69 Å². The number of amides is 3. The standard InChI is InChI=1S/C27H29N3O6/c1-34-22-13-10-21(11-14-22)29-25(31)16-28-26(32)18-30(27(33)19-7-5-4-6-8-19)17-20-9-12-23(35-2)15-24(20)36-3/h4-15H,16-18H2,1-3H3,(H,28,32)(H,29,31). The lowest BCUT2D eigenvalue weighted by Gasteiger charge is -2.23. The molecule has 188 valence electrons. The van der Waals surface area contributed by atoms with Gasteiger partial charge in [-0.05, 0) is 48.5 Å². The molecular weight excluding hydrogens is 462 g/mol. The molecule has 0 saturated carbocycles. The van der Waals surface area contributed by atoms with Crippen LogP contribution in [-0.4, -0.2) is 57.0 Å². The smallest absolute Gasteiger partial charge is 0.254 e. The average molecular weight is 492 g/mol. The molecule has 0 aliphatic rings. The van der Waals surface area contributed by atoms with Crippen LogP contribution in [0.2, 0.25) is 0 Å². The summed E-state index contributed by atoms with van der Waals surface area (Å²) in [5.41, 5.74) is 1.71. The second-order valence-corrected chi connectivity index (χ2v) is 7.76. The molecule has 0 radical (unpaired) electrons. The van der Waals surface area contributed by atoms with Gasteiger partial charge in [-0.25, -0.2) is 0 Å². The van der Waals surface area contributed by atoms with E-state index >= 15 is 0 Å². The largest absolute Gasteiger partial charge is 0.497 e. The van der Waals surface area contributed by atoms with Gasteiger partial charge in [0.25, 0.3) is 5.91 Å². The lowest BCUT2D eigenvalue weighted by atomic mass is 10.1. The number of nitrogens with zero attached hydrogens (tertiary/aromatic N) is 1. The van der Waals surface area contributed by atoms with Crippen molar-refractivity contribution in [1.29, 1.82) is 0 Å². The van der Waals surface area contributed by atoms with Gasteiger partial charge in [-0.15, -0.1) is 0 Å². The number of methoxy groups -OCH3 is 3. The van der Waals surface area contributed by atoms with Crippen molar-refractivity contribution in [3.63, 3.8) is 0 Å². The van der Waals surface area contributed by atoms with Gasteiger partial charge in [-0.1, -0.05) is 18.2 Å². The van der Waals surface area contributed by atoms with Gasteiger partial charge < -0.3 is 29.7 Å². The van der Waals surface area contributed by atoms with E-state index < -0.39 is 11.8 Å². The Morgan fingerprint density at radius 2 is 1.44 bits per heavy atom. The fourth-order valence-corrected chi connectivity index (χ4v) is 3.44. The molecule has 0 fully saturated rings. The van der Waals surface area contributed by atoms with E-state index in [4.69, 9.17) is 14.2 Å². The van der Waals surface area contributed by atoms with Gasteiger partial charge in [0.15, 0.2) is 0 Å². The first-order valence-electron chi connectivity index (χ1n) is 11.2. The minimum Gasteiger partial charge on any atom is -0.497 e. The molecule has 2 N–H and O–H groups in total. The molecule has 0 heterocycles. The molecule has 9 heteroatoms. The molecule has 0 saturated heterocycles. The molecule has 0 spiro atoms. The Morgan fingerprint density at radius 1 is 0.778 bits per heavy atom. The lowest BCUT2D eigenvalue weighted by Crippen LogP contribution is -2.42. The second-order valence-electron chi connectivity index (χ2n) is 7.76. The predicted octanol–water partition coefficient (Wildman–Crippen LogP) is 3.11. The zero-order valence-electron chi connectivity index (χ0n) is 20.4. The van der Waals surface area contributed by atoms with E-state index in [1.165, 1.54) is 12.0 Å². The number of benzene rings is 3. The Morgan fingerprint density at radius 3 is 2.08 bits per heavy atom. The highest BCUT2D eigenvalue weighted by atomic mass is 16.5. The van der Waals surface area contributed by atoms with E-state index in [-0.39, 0.29) is 25.5 Å². The summed E-state index contributed by atoms with van der Waals surface area (Å²) in [5, 5.41) is 5.27. The van der Waals surface area contributed by atoms with Crippen LogP contribution in [0.1, 0.15) is 15.9 Å². The summed E-state index contributed by atoms with van der Waals surface area (Å²) in [4.78, 5) is 39.6. The first-order valence-corrected chi connectivity index (χ1v) is 11.2. The van der Waals surface area contributed by atoms with Crippen LogP contribution in [0, 0.1) is 0 Å². The zero-order chi connectivity index (χ0) is 25.9. The molecule has 0 bridgehead atoms. The number of ether oxygens (including phenoxy) is 3. The minimum absolute atomic E-state index is 0.117. The second kappa shape index (κ2) is 12.8. The van der Waals surface area contributed by atoms with Crippen LogP contribution < -0.4 is 24.8 Å². The minimum atomic E-state index is -0.475. The first-order chi connectivity index (χ1) is 17.4. The van der Waals surface area contributed by atoms with Gasteiger partial charge in [0.2, 0.25) is 11.8 Å². The summed E-state index contributed by atoms with van der Waals surface area (Å²) in [6.07, 6.45) is 0. The Hall–Kier alpha value is -4.53. The van der Waals surface area contributed by atoms with Crippen LogP contribution in [0.15, 0.2) is 72.8 Å². The number of carbonyl (C=O) groups is 3. The number of rotatable bonds is 11. The van der Waals surface area contributed by atoms with E-state index in [0.717, 1.165) is 0 Å². The summed E-state index contributed by atoms with van der Waals surface area (Å²) < 4.78 is 15.8. The third kappa shape index (κ3) is 7.23. The Kier molecular flexibility index (Phi) is 9.27. The van der Waals surface area contributed by atoms with Crippen molar-refractivity contribution < 1.29 is 28.6 Å². The maximum absolute atomic E-state index is 13.2. The summed E-state index contributed by atoms with van der Waals surface area (Å²) in [6, 6.07) is 20.8. The fraction of sp³-hybridized carbons (Fsp3) is 0.222. The highest BCUT2D eigenvalue weighted by Crippen LogP contribution is 2.26. The predicted molar refractivity (Wildman–Crippen MR) is 135 cm³/mol. The fourth-order valence-electron chi connectivity index (χ4n) is 3.44. The van der Waals surface area contributed by atoms with Crippen molar-refractivity contribution >= 4 is 23.4 Å². The van der Waals surface area contributed by atoms with E-state index in [0.29, 0.717) is 34.1 Å². The van der Waals surface area contributed by atoms with Gasteiger partial charge in [-0.2, -0.15) is 0 Å². The van der Waals surface area contributed by atoms with Crippen molar-refractivity contribution in [3.8, 4) is 17.2 Å².